The largest absolute Gasteiger partial charge is 0.497 e. The molecule has 38 heavy (non-hydrogen) atoms. The smallest absolute Gasteiger partial charge is 0.231 e. The van der Waals surface area contributed by atoms with Gasteiger partial charge in [-0.3, -0.25) is 4.79 Å². The Labute approximate surface area is 228 Å². The molecule has 1 saturated heterocycles. The maximum absolute atomic E-state index is 13.8. The SMILES string of the molecule is COc1ccc(-c2cnc3[nH]ccc3c2N2CCN(C(=O)[C@H](CNC(C)C)c3ccc(Cl)cc3)CC2)cc1. The van der Waals surface area contributed by atoms with Crippen LogP contribution in [-0.4, -0.2) is 66.7 Å². The molecule has 5 rings (SSSR count). The van der Waals surface area contributed by atoms with Crippen LogP contribution in [0.1, 0.15) is 25.3 Å². The lowest BCUT2D eigenvalue weighted by atomic mass is 9.96. The summed E-state index contributed by atoms with van der Waals surface area (Å²) in [5.74, 6) is 0.714. The van der Waals surface area contributed by atoms with Gasteiger partial charge in [-0.25, -0.2) is 4.98 Å². The normalized spacial score (nSPS) is 14.8. The molecule has 2 N–H and O–H groups in total. The maximum Gasteiger partial charge on any atom is 0.231 e. The summed E-state index contributed by atoms with van der Waals surface area (Å²) in [6, 6.07) is 18.1. The van der Waals surface area contributed by atoms with Crippen LogP contribution in [0.2, 0.25) is 5.02 Å². The molecule has 1 fully saturated rings. The van der Waals surface area contributed by atoms with E-state index in [1.54, 1.807) is 7.11 Å². The Morgan fingerprint density at radius 3 is 2.42 bits per heavy atom. The first-order valence-corrected chi connectivity index (χ1v) is 13.5. The molecule has 1 aliphatic rings. The number of nitrogens with one attached hydrogen (secondary N) is 2. The maximum atomic E-state index is 13.8. The van der Waals surface area contributed by atoms with Gasteiger partial charge in [-0.2, -0.15) is 0 Å². The average molecular weight is 532 g/mol. The number of benzene rings is 2. The van der Waals surface area contributed by atoms with Gasteiger partial charge in [0.25, 0.3) is 0 Å². The van der Waals surface area contributed by atoms with Crippen LogP contribution in [0.5, 0.6) is 5.75 Å². The molecule has 0 saturated carbocycles. The number of nitrogens with zero attached hydrogens (tertiary/aromatic N) is 3. The molecular weight excluding hydrogens is 498 g/mol. The number of piperazine rings is 1. The predicted octanol–water partition coefficient (Wildman–Crippen LogP) is 5.32. The molecule has 7 nitrogen and oxygen atoms in total. The van der Waals surface area contributed by atoms with Crippen molar-refractivity contribution in [2.75, 3.05) is 44.7 Å². The quantitative estimate of drug-likeness (QED) is 0.322. The summed E-state index contributed by atoms with van der Waals surface area (Å²) >= 11 is 6.12. The monoisotopic (exact) mass is 531 g/mol. The highest BCUT2D eigenvalue weighted by Crippen LogP contribution is 2.37. The molecule has 2 aromatic carbocycles. The summed E-state index contributed by atoms with van der Waals surface area (Å²) in [5, 5.41) is 5.21. The minimum Gasteiger partial charge on any atom is -0.497 e. The summed E-state index contributed by atoms with van der Waals surface area (Å²) in [6.45, 7) is 7.57. The first kappa shape index (κ1) is 26.1. The number of carbonyl (C=O) groups is 1. The Hall–Kier alpha value is -3.55. The van der Waals surface area contributed by atoms with Crippen molar-refractivity contribution in [3.05, 3.63) is 77.6 Å². The van der Waals surface area contributed by atoms with Gasteiger partial charge in [0, 0.05) is 67.1 Å². The number of carbonyl (C=O) groups excluding carboxylic acids is 1. The number of H-pyrrole nitrogens is 1. The van der Waals surface area contributed by atoms with Crippen LogP contribution in [0.15, 0.2) is 67.0 Å². The number of aromatic nitrogens is 2. The fourth-order valence-electron chi connectivity index (χ4n) is 5.08. The molecule has 3 heterocycles. The Bertz CT molecular complexity index is 1380. The van der Waals surface area contributed by atoms with E-state index in [4.69, 9.17) is 16.3 Å². The molecule has 8 heteroatoms. The van der Waals surface area contributed by atoms with Crippen molar-refractivity contribution < 1.29 is 9.53 Å². The molecular formula is C30H34ClN5O2. The average Bonchev–Trinajstić information content (AvgIpc) is 3.42. The second kappa shape index (κ2) is 11.5. The summed E-state index contributed by atoms with van der Waals surface area (Å²) in [5.41, 5.74) is 5.14. The van der Waals surface area contributed by atoms with Gasteiger partial charge in [0.05, 0.1) is 18.7 Å². The van der Waals surface area contributed by atoms with E-state index < -0.39 is 0 Å². The third kappa shape index (κ3) is 5.49. The van der Waals surface area contributed by atoms with Crippen molar-refractivity contribution in [1.29, 1.82) is 0 Å². The number of anilines is 1. The lowest BCUT2D eigenvalue weighted by Crippen LogP contribution is -2.51. The summed E-state index contributed by atoms with van der Waals surface area (Å²) < 4.78 is 5.35. The second-order valence-corrected chi connectivity index (χ2v) is 10.4. The first-order valence-electron chi connectivity index (χ1n) is 13.1. The molecule has 198 valence electrons. The van der Waals surface area contributed by atoms with E-state index in [1.807, 2.05) is 53.7 Å². The van der Waals surface area contributed by atoms with Crippen molar-refractivity contribution in [3.63, 3.8) is 0 Å². The number of rotatable bonds is 8. The Balaban J connectivity index is 1.38. The molecule has 0 spiro atoms. The minimum atomic E-state index is -0.256. The fraction of sp³-hybridized carbons (Fsp3) is 0.333. The van der Waals surface area contributed by atoms with Crippen LogP contribution in [0.3, 0.4) is 0 Å². The second-order valence-electron chi connectivity index (χ2n) is 9.97. The third-order valence-corrected chi connectivity index (χ3v) is 7.42. The van der Waals surface area contributed by atoms with E-state index in [1.165, 1.54) is 0 Å². The zero-order valence-corrected chi connectivity index (χ0v) is 22.8. The number of fused-ring (bicyclic) bond motifs is 1. The summed E-state index contributed by atoms with van der Waals surface area (Å²) in [7, 11) is 1.67. The van der Waals surface area contributed by atoms with Gasteiger partial charge < -0.3 is 24.8 Å². The van der Waals surface area contributed by atoms with Gasteiger partial charge in [-0.15, -0.1) is 0 Å². The van der Waals surface area contributed by atoms with Crippen molar-refractivity contribution >= 4 is 34.2 Å². The molecule has 1 aliphatic heterocycles. The standard InChI is InChI=1S/C30H34ClN5O2/c1-20(2)33-19-27(22-4-8-23(31)9-5-22)30(37)36-16-14-35(15-17-36)28-25-12-13-32-29(25)34-18-26(28)21-6-10-24(38-3)11-7-21/h4-13,18,20,27,33H,14-17,19H2,1-3H3,(H,32,34)/t27-/m1/s1. The van der Waals surface area contributed by atoms with Crippen LogP contribution in [0, 0.1) is 0 Å². The van der Waals surface area contributed by atoms with E-state index in [-0.39, 0.29) is 11.8 Å². The van der Waals surface area contributed by atoms with Crippen LogP contribution in [0.25, 0.3) is 22.2 Å². The van der Waals surface area contributed by atoms with Gasteiger partial charge in [-0.1, -0.05) is 49.7 Å². The van der Waals surface area contributed by atoms with Crippen molar-refractivity contribution in [1.82, 2.24) is 20.2 Å². The van der Waals surface area contributed by atoms with E-state index in [0.717, 1.165) is 52.3 Å². The van der Waals surface area contributed by atoms with Gasteiger partial charge in [-0.05, 0) is 41.5 Å². The molecule has 0 aliphatic carbocycles. The highest BCUT2D eigenvalue weighted by molar-refractivity contribution is 6.30. The van der Waals surface area contributed by atoms with Crippen molar-refractivity contribution in [3.8, 4) is 16.9 Å². The first-order chi connectivity index (χ1) is 18.4. The highest BCUT2D eigenvalue weighted by atomic mass is 35.5. The number of halogens is 1. The van der Waals surface area contributed by atoms with Crippen LogP contribution in [0.4, 0.5) is 5.69 Å². The van der Waals surface area contributed by atoms with Gasteiger partial charge in [0.2, 0.25) is 5.91 Å². The van der Waals surface area contributed by atoms with Gasteiger partial charge in [0.1, 0.15) is 11.4 Å². The van der Waals surface area contributed by atoms with Crippen LogP contribution < -0.4 is 15.0 Å². The Morgan fingerprint density at radius 1 is 1.05 bits per heavy atom. The number of hydrogen-bond acceptors (Lipinski definition) is 5. The topological polar surface area (TPSA) is 73.5 Å². The molecule has 1 amide bonds. The molecule has 0 radical (unpaired) electrons. The van der Waals surface area contributed by atoms with E-state index in [2.05, 4.69) is 52.2 Å². The fourth-order valence-corrected chi connectivity index (χ4v) is 5.21. The minimum absolute atomic E-state index is 0.150. The van der Waals surface area contributed by atoms with E-state index in [0.29, 0.717) is 30.7 Å². The highest BCUT2D eigenvalue weighted by Gasteiger charge is 2.30. The summed E-state index contributed by atoms with van der Waals surface area (Å²) in [6.07, 6.45) is 3.86. The molecule has 4 aromatic rings. The number of hydrogen-bond donors (Lipinski definition) is 2. The molecule has 2 aromatic heterocycles. The van der Waals surface area contributed by atoms with E-state index in [9.17, 15) is 4.79 Å². The molecule has 0 unspecified atom stereocenters. The molecule has 1 atom stereocenters. The Morgan fingerprint density at radius 2 is 1.76 bits per heavy atom. The number of pyridine rings is 1. The molecule has 0 bridgehead atoms. The van der Waals surface area contributed by atoms with Crippen LogP contribution in [-0.2, 0) is 4.79 Å². The van der Waals surface area contributed by atoms with E-state index >= 15 is 0 Å². The van der Waals surface area contributed by atoms with Crippen molar-refractivity contribution in [2.24, 2.45) is 0 Å². The number of methoxy groups -OCH3 is 1. The third-order valence-electron chi connectivity index (χ3n) is 7.17. The van der Waals surface area contributed by atoms with Crippen LogP contribution >= 0.6 is 11.6 Å². The van der Waals surface area contributed by atoms with Crippen molar-refractivity contribution in [2.45, 2.75) is 25.8 Å². The lowest BCUT2D eigenvalue weighted by Gasteiger charge is -2.38. The van der Waals surface area contributed by atoms with Gasteiger partial charge >= 0.3 is 0 Å². The van der Waals surface area contributed by atoms with Gasteiger partial charge in [0.15, 0.2) is 0 Å². The zero-order valence-electron chi connectivity index (χ0n) is 22.1. The zero-order chi connectivity index (χ0) is 26.6. The Kier molecular flexibility index (Phi) is 7.86. The predicted molar refractivity (Wildman–Crippen MR) is 154 cm³/mol. The number of aromatic amines is 1. The summed E-state index contributed by atoms with van der Waals surface area (Å²) in [4.78, 5) is 26.1. The lowest BCUT2D eigenvalue weighted by molar-refractivity contribution is -0.133. The number of ether oxygens (including phenoxy) is 1. The number of amides is 1.